The van der Waals surface area contributed by atoms with Crippen LogP contribution in [0.4, 0.5) is 0 Å². The van der Waals surface area contributed by atoms with E-state index < -0.39 is 11.7 Å². The van der Waals surface area contributed by atoms with Crippen LogP contribution in [0.2, 0.25) is 0 Å². The van der Waals surface area contributed by atoms with Crippen LogP contribution in [0.15, 0.2) is 41.3 Å². The van der Waals surface area contributed by atoms with Crippen molar-refractivity contribution in [2.45, 2.75) is 6.54 Å². The summed E-state index contributed by atoms with van der Waals surface area (Å²) in [6, 6.07) is 8.81. The van der Waals surface area contributed by atoms with Crippen molar-refractivity contribution >= 4 is 22.7 Å². The van der Waals surface area contributed by atoms with Crippen molar-refractivity contribution in [3.8, 4) is 0 Å². The fraction of sp³-hybridized carbons (Fsp3) is 0.235. The average molecular weight is 326 g/mol. The van der Waals surface area contributed by atoms with Crippen molar-refractivity contribution in [2.24, 2.45) is 21.1 Å². The predicted molar refractivity (Wildman–Crippen MR) is 89.8 cm³/mol. The molecule has 1 aromatic carbocycles. The van der Waals surface area contributed by atoms with Crippen molar-refractivity contribution in [1.82, 2.24) is 19.0 Å². The van der Waals surface area contributed by atoms with Gasteiger partial charge in [0.05, 0.1) is 16.7 Å². The van der Waals surface area contributed by atoms with Gasteiger partial charge in [-0.1, -0.05) is 6.07 Å². The molecule has 1 N–H and O–H groups in total. The first-order valence-corrected chi connectivity index (χ1v) is 7.48. The molecule has 3 rings (SSSR count). The Morgan fingerprint density at radius 3 is 2.42 bits per heavy atom. The topological polar surface area (TPSA) is 78.0 Å². The molecular weight excluding hydrogens is 308 g/mol. The molecule has 0 aliphatic carbocycles. The van der Waals surface area contributed by atoms with Gasteiger partial charge in [-0.15, -0.1) is 0 Å². The smallest absolute Gasteiger partial charge is 0.328 e. The third-order valence-electron chi connectivity index (χ3n) is 4.17. The number of imidazole rings is 1. The minimum Gasteiger partial charge on any atom is -0.348 e. The maximum absolute atomic E-state index is 12.1. The van der Waals surface area contributed by atoms with Crippen LogP contribution in [-0.4, -0.2) is 25.4 Å². The van der Waals surface area contributed by atoms with E-state index in [2.05, 4.69) is 5.32 Å². The number of carbonyl (C=O) groups is 2. The highest BCUT2D eigenvalue weighted by Gasteiger charge is 2.18. The monoisotopic (exact) mass is 326 g/mol. The second-order valence-corrected chi connectivity index (χ2v) is 5.74. The van der Waals surface area contributed by atoms with E-state index in [1.807, 2.05) is 18.2 Å². The number of hydrogen-bond acceptors (Lipinski definition) is 3. The number of aryl methyl sites for hydroxylation is 3. The molecule has 0 aliphatic heterocycles. The number of fused-ring (bicyclic) bond motifs is 1. The van der Waals surface area contributed by atoms with Crippen molar-refractivity contribution in [2.75, 3.05) is 0 Å². The van der Waals surface area contributed by atoms with Gasteiger partial charge in [-0.25, -0.2) is 4.79 Å². The van der Waals surface area contributed by atoms with Crippen LogP contribution in [0.3, 0.4) is 0 Å². The standard InChI is InChI=1S/C17H18N4O3/c1-19-8-4-5-13(19)15(22)16(23)18-10-11-6-7-12-14(9-11)21(3)17(24)20(12)2/h4-9H,10H2,1-3H3,(H,18,23). The maximum atomic E-state index is 12.1. The van der Waals surface area contributed by atoms with Gasteiger partial charge >= 0.3 is 5.69 Å². The number of Topliss-reactive ketones (excluding diaryl/α,β-unsaturated/α-hetero) is 1. The quantitative estimate of drug-likeness (QED) is 0.567. The second-order valence-electron chi connectivity index (χ2n) is 5.74. The summed E-state index contributed by atoms with van der Waals surface area (Å²) in [6.07, 6.45) is 1.71. The van der Waals surface area contributed by atoms with Crippen molar-refractivity contribution in [3.63, 3.8) is 0 Å². The summed E-state index contributed by atoms with van der Waals surface area (Å²) in [5.41, 5.74) is 2.65. The lowest BCUT2D eigenvalue weighted by Crippen LogP contribution is -2.31. The largest absolute Gasteiger partial charge is 0.348 e. The number of amides is 1. The number of nitrogens with one attached hydrogen (secondary N) is 1. The molecule has 0 saturated carbocycles. The van der Waals surface area contributed by atoms with E-state index >= 15 is 0 Å². The van der Waals surface area contributed by atoms with Gasteiger partial charge < -0.3 is 9.88 Å². The Hall–Kier alpha value is -3.09. The van der Waals surface area contributed by atoms with Crippen molar-refractivity contribution in [3.05, 3.63) is 58.3 Å². The Morgan fingerprint density at radius 1 is 1.04 bits per heavy atom. The van der Waals surface area contributed by atoms with Gasteiger partial charge in [-0.3, -0.25) is 18.7 Å². The minimum atomic E-state index is -0.654. The van der Waals surface area contributed by atoms with Gasteiger partial charge in [-0.05, 0) is 29.8 Å². The van der Waals surface area contributed by atoms with E-state index in [1.165, 1.54) is 0 Å². The molecule has 124 valence electrons. The van der Waals surface area contributed by atoms with Crippen LogP contribution in [0, 0.1) is 0 Å². The number of ketones is 1. The summed E-state index contributed by atoms with van der Waals surface area (Å²) < 4.78 is 4.72. The molecule has 0 fully saturated rings. The second kappa shape index (κ2) is 5.84. The Labute approximate surface area is 138 Å². The lowest BCUT2D eigenvalue weighted by atomic mass is 10.2. The van der Waals surface area contributed by atoms with Gasteiger partial charge in [0, 0.05) is 33.9 Å². The van der Waals surface area contributed by atoms with E-state index in [-0.39, 0.29) is 12.2 Å². The molecule has 0 atom stereocenters. The first-order chi connectivity index (χ1) is 11.4. The highest BCUT2D eigenvalue weighted by molar-refractivity contribution is 6.42. The fourth-order valence-electron chi connectivity index (χ4n) is 2.74. The van der Waals surface area contributed by atoms with Gasteiger partial charge in [-0.2, -0.15) is 0 Å². The molecule has 0 saturated heterocycles. The third kappa shape index (κ3) is 2.54. The predicted octanol–water partition coefficient (Wildman–Crippen LogP) is 0.715. The van der Waals surface area contributed by atoms with E-state index in [4.69, 9.17) is 0 Å². The molecule has 0 unspecified atom stereocenters. The first kappa shape index (κ1) is 15.8. The summed E-state index contributed by atoms with van der Waals surface area (Å²) in [6.45, 7) is 0.216. The fourth-order valence-corrected chi connectivity index (χ4v) is 2.74. The van der Waals surface area contributed by atoms with Crippen LogP contribution in [0.5, 0.6) is 0 Å². The number of hydrogen-bond donors (Lipinski definition) is 1. The number of carbonyl (C=O) groups excluding carboxylic acids is 2. The molecule has 2 heterocycles. The zero-order chi connectivity index (χ0) is 17.4. The zero-order valence-electron chi connectivity index (χ0n) is 13.7. The SMILES string of the molecule is Cn1cccc1C(=O)C(=O)NCc1ccc2c(c1)n(C)c(=O)n2C. The number of nitrogens with zero attached hydrogens (tertiary/aromatic N) is 3. The number of rotatable bonds is 4. The van der Waals surface area contributed by atoms with Gasteiger partial charge in [0.15, 0.2) is 0 Å². The van der Waals surface area contributed by atoms with Crippen LogP contribution >= 0.6 is 0 Å². The molecule has 0 aliphatic rings. The molecule has 0 spiro atoms. The summed E-state index contributed by atoms with van der Waals surface area (Å²) in [5, 5.41) is 2.62. The summed E-state index contributed by atoms with van der Waals surface area (Å²) >= 11 is 0. The normalized spacial score (nSPS) is 11.0. The number of aromatic nitrogens is 3. The van der Waals surface area contributed by atoms with Crippen LogP contribution in [-0.2, 0) is 32.5 Å². The molecule has 2 aromatic heterocycles. The van der Waals surface area contributed by atoms with E-state index in [1.54, 1.807) is 53.2 Å². The highest BCUT2D eigenvalue weighted by atomic mass is 16.2. The van der Waals surface area contributed by atoms with Gasteiger partial charge in [0.1, 0.15) is 0 Å². The molecule has 7 nitrogen and oxygen atoms in total. The van der Waals surface area contributed by atoms with E-state index in [0.717, 1.165) is 16.6 Å². The van der Waals surface area contributed by atoms with E-state index in [0.29, 0.717) is 5.69 Å². The average Bonchev–Trinajstić information content (AvgIpc) is 3.10. The van der Waals surface area contributed by atoms with Crippen molar-refractivity contribution < 1.29 is 9.59 Å². The minimum absolute atomic E-state index is 0.106. The first-order valence-electron chi connectivity index (χ1n) is 7.48. The highest BCUT2D eigenvalue weighted by Crippen LogP contribution is 2.14. The van der Waals surface area contributed by atoms with Gasteiger partial charge in [0.25, 0.3) is 11.7 Å². The summed E-state index contributed by atoms with van der Waals surface area (Å²) in [7, 11) is 5.13. The van der Waals surface area contributed by atoms with Crippen molar-refractivity contribution in [1.29, 1.82) is 0 Å². The summed E-state index contributed by atoms with van der Waals surface area (Å²) in [5.74, 6) is -1.23. The molecule has 24 heavy (non-hydrogen) atoms. The number of benzene rings is 1. The Bertz CT molecular complexity index is 1010. The molecule has 1 amide bonds. The molecule has 7 heteroatoms. The molecule has 0 radical (unpaired) electrons. The molecule has 0 bridgehead atoms. The third-order valence-corrected chi connectivity index (χ3v) is 4.17. The van der Waals surface area contributed by atoms with Crippen LogP contribution in [0.1, 0.15) is 16.1 Å². The molecule has 3 aromatic rings. The maximum Gasteiger partial charge on any atom is 0.328 e. The lowest BCUT2D eigenvalue weighted by molar-refractivity contribution is -0.117. The zero-order valence-corrected chi connectivity index (χ0v) is 13.7. The Kier molecular flexibility index (Phi) is 3.84. The Morgan fingerprint density at radius 2 is 1.75 bits per heavy atom. The van der Waals surface area contributed by atoms with Crippen LogP contribution in [0.25, 0.3) is 11.0 Å². The summed E-state index contributed by atoms with van der Waals surface area (Å²) in [4.78, 5) is 36.0. The van der Waals surface area contributed by atoms with Crippen LogP contribution < -0.4 is 11.0 Å². The van der Waals surface area contributed by atoms with E-state index in [9.17, 15) is 14.4 Å². The lowest BCUT2D eigenvalue weighted by Gasteiger charge is -2.06. The molecular formula is C17H18N4O3. The van der Waals surface area contributed by atoms with Gasteiger partial charge in [0.2, 0.25) is 0 Å². The Balaban J connectivity index is 1.77.